The Morgan fingerprint density at radius 1 is 1.37 bits per heavy atom. The number of hydrogen-bond acceptors (Lipinski definition) is 3. The third-order valence-corrected chi connectivity index (χ3v) is 2.89. The maximum Gasteiger partial charge on any atom is 0.337 e. The SMILES string of the molecule is CC(O)(CNC(=O)c1cccc2cc[nH]c12)C(=O)O. The fourth-order valence-electron chi connectivity index (χ4n) is 1.70. The average Bonchev–Trinajstić information content (AvgIpc) is 2.83. The number of aromatic amines is 1. The number of carboxylic acids is 1. The molecule has 6 heteroatoms. The van der Waals surface area contributed by atoms with Crippen molar-refractivity contribution in [3.05, 3.63) is 36.0 Å². The number of nitrogens with one attached hydrogen (secondary N) is 2. The van der Waals surface area contributed by atoms with Crippen molar-refractivity contribution in [2.24, 2.45) is 0 Å². The molecule has 2 rings (SSSR count). The molecule has 0 saturated heterocycles. The molecule has 0 spiro atoms. The molecule has 0 aliphatic rings. The minimum Gasteiger partial charge on any atom is -0.479 e. The third-order valence-electron chi connectivity index (χ3n) is 2.89. The molecule has 0 saturated carbocycles. The quantitative estimate of drug-likeness (QED) is 0.652. The van der Waals surface area contributed by atoms with Gasteiger partial charge in [-0.05, 0) is 19.1 Å². The second-order valence-electron chi connectivity index (χ2n) is 4.51. The molecule has 0 fully saturated rings. The Kier molecular flexibility index (Phi) is 3.26. The molecule has 1 amide bonds. The highest BCUT2D eigenvalue weighted by Crippen LogP contribution is 2.16. The van der Waals surface area contributed by atoms with E-state index in [4.69, 9.17) is 5.11 Å². The Bertz CT molecular complexity index is 630. The number of aliphatic carboxylic acids is 1. The van der Waals surface area contributed by atoms with Crippen LogP contribution >= 0.6 is 0 Å². The van der Waals surface area contributed by atoms with E-state index in [1.807, 2.05) is 12.1 Å². The van der Waals surface area contributed by atoms with Gasteiger partial charge in [0.1, 0.15) is 0 Å². The second kappa shape index (κ2) is 4.74. The van der Waals surface area contributed by atoms with E-state index < -0.39 is 17.5 Å². The summed E-state index contributed by atoms with van der Waals surface area (Å²) in [5.41, 5.74) is -0.905. The van der Waals surface area contributed by atoms with Gasteiger partial charge in [0.15, 0.2) is 5.60 Å². The molecule has 1 aromatic carbocycles. The molecule has 0 bridgehead atoms. The van der Waals surface area contributed by atoms with E-state index in [0.29, 0.717) is 11.1 Å². The van der Waals surface area contributed by atoms with Crippen molar-refractivity contribution in [1.82, 2.24) is 10.3 Å². The van der Waals surface area contributed by atoms with Gasteiger partial charge in [-0.15, -0.1) is 0 Å². The van der Waals surface area contributed by atoms with Gasteiger partial charge in [-0.2, -0.15) is 0 Å². The first-order chi connectivity index (χ1) is 8.92. The summed E-state index contributed by atoms with van der Waals surface area (Å²) in [5.74, 6) is -1.82. The number of carboxylic acid groups (broad SMARTS) is 1. The highest BCUT2D eigenvalue weighted by atomic mass is 16.4. The maximum absolute atomic E-state index is 12.0. The summed E-state index contributed by atoms with van der Waals surface area (Å²) in [5, 5.41) is 21.6. The van der Waals surface area contributed by atoms with Crippen LogP contribution in [0.15, 0.2) is 30.5 Å². The normalized spacial score (nSPS) is 14.0. The van der Waals surface area contributed by atoms with Gasteiger partial charge >= 0.3 is 5.97 Å². The van der Waals surface area contributed by atoms with Crippen molar-refractivity contribution < 1.29 is 19.8 Å². The second-order valence-corrected chi connectivity index (χ2v) is 4.51. The number of H-pyrrole nitrogens is 1. The van der Waals surface area contributed by atoms with Crippen LogP contribution < -0.4 is 5.32 Å². The van der Waals surface area contributed by atoms with E-state index >= 15 is 0 Å². The van der Waals surface area contributed by atoms with Crippen molar-refractivity contribution in [2.75, 3.05) is 6.54 Å². The van der Waals surface area contributed by atoms with Crippen molar-refractivity contribution in [2.45, 2.75) is 12.5 Å². The first-order valence-corrected chi connectivity index (χ1v) is 5.72. The van der Waals surface area contributed by atoms with E-state index in [1.165, 1.54) is 0 Å². The van der Waals surface area contributed by atoms with Crippen LogP contribution in [0, 0.1) is 0 Å². The molecule has 1 heterocycles. The largest absolute Gasteiger partial charge is 0.479 e. The van der Waals surface area contributed by atoms with Crippen LogP contribution in [0.4, 0.5) is 0 Å². The van der Waals surface area contributed by atoms with Crippen LogP contribution in [0.25, 0.3) is 10.9 Å². The van der Waals surface area contributed by atoms with Gasteiger partial charge in [0.2, 0.25) is 0 Å². The zero-order chi connectivity index (χ0) is 14.0. The Labute approximate surface area is 109 Å². The van der Waals surface area contributed by atoms with E-state index in [2.05, 4.69) is 10.3 Å². The molecule has 2 aromatic rings. The maximum atomic E-state index is 12.0. The average molecular weight is 262 g/mol. The highest BCUT2D eigenvalue weighted by Gasteiger charge is 2.30. The lowest BCUT2D eigenvalue weighted by Gasteiger charge is -2.18. The summed E-state index contributed by atoms with van der Waals surface area (Å²) >= 11 is 0. The minimum absolute atomic E-state index is 0.363. The summed E-state index contributed by atoms with van der Waals surface area (Å²) in [6.45, 7) is 0.767. The Morgan fingerprint density at radius 2 is 2.11 bits per heavy atom. The standard InChI is InChI=1S/C13H14N2O4/c1-13(19,12(17)18)7-15-11(16)9-4-2-3-8-5-6-14-10(8)9/h2-6,14,19H,7H2,1H3,(H,15,16)(H,17,18). The summed E-state index contributed by atoms with van der Waals surface area (Å²) in [6, 6.07) is 7.06. The van der Waals surface area contributed by atoms with E-state index in [1.54, 1.807) is 18.3 Å². The first-order valence-electron chi connectivity index (χ1n) is 5.72. The van der Waals surface area contributed by atoms with Gasteiger partial charge in [0.25, 0.3) is 5.91 Å². The van der Waals surface area contributed by atoms with Gasteiger partial charge in [-0.25, -0.2) is 4.79 Å². The molecule has 4 N–H and O–H groups in total. The number of fused-ring (bicyclic) bond motifs is 1. The van der Waals surface area contributed by atoms with Crippen LogP contribution in [-0.4, -0.2) is 39.2 Å². The van der Waals surface area contributed by atoms with E-state index in [9.17, 15) is 14.7 Å². The number of amides is 1. The predicted octanol–water partition coefficient (Wildman–Crippen LogP) is 0.733. The number of aromatic nitrogens is 1. The predicted molar refractivity (Wildman–Crippen MR) is 68.9 cm³/mol. The number of carbonyl (C=O) groups is 2. The summed E-state index contributed by atoms with van der Waals surface area (Å²) in [4.78, 5) is 25.7. The van der Waals surface area contributed by atoms with Gasteiger partial charge in [-0.3, -0.25) is 4.79 Å². The molecule has 0 aliphatic heterocycles. The lowest BCUT2D eigenvalue weighted by Crippen LogP contribution is -2.46. The highest BCUT2D eigenvalue weighted by molar-refractivity contribution is 6.05. The summed E-state index contributed by atoms with van der Waals surface area (Å²) < 4.78 is 0. The number of para-hydroxylation sites is 1. The van der Waals surface area contributed by atoms with Gasteiger partial charge in [0.05, 0.1) is 17.6 Å². The van der Waals surface area contributed by atoms with Crippen LogP contribution in [-0.2, 0) is 4.79 Å². The monoisotopic (exact) mass is 262 g/mol. The Morgan fingerprint density at radius 3 is 2.79 bits per heavy atom. The molecular formula is C13H14N2O4. The molecule has 1 aromatic heterocycles. The van der Waals surface area contributed by atoms with Crippen LogP contribution in [0.3, 0.4) is 0 Å². The minimum atomic E-state index is -1.99. The first kappa shape index (κ1) is 13.1. The smallest absolute Gasteiger partial charge is 0.337 e. The zero-order valence-electron chi connectivity index (χ0n) is 10.3. The van der Waals surface area contributed by atoms with Gasteiger partial charge < -0.3 is 20.5 Å². The lowest BCUT2D eigenvalue weighted by molar-refractivity contribution is -0.155. The Hall–Kier alpha value is -2.34. The van der Waals surface area contributed by atoms with Crippen LogP contribution in [0.1, 0.15) is 17.3 Å². The Balaban J connectivity index is 2.17. The summed E-state index contributed by atoms with van der Waals surface area (Å²) in [7, 11) is 0. The lowest BCUT2D eigenvalue weighted by atomic mass is 10.1. The van der Waals surface area contributed by atoms with E-state index in [-0.39, 0.29) is 6.54 Å². The van der Waals surface area contributed by atoms with Gasteiger partial charge in [0, 0.05) is 11.6 Å². The fraction of sp³-hybridized carbons (Fsp3) is 0.231. The number of aliphatic hydroxyl groups is 1. The molecule has 0 radical (unpaired) electrons. The van der Waals surface area contributed by atoms with E-state index in [0.717, 1.165) is 12.3 Å². The number of carbonyl (C=O) groups excluding carboxylic acids is 1. The number of rotatable bonds is 4. The van der Waals surface area contributed by atoms with Crippen molar-refractivity contribution in [1.29, 1.82) is 0 Å². The van der Waals surface area contributed by atoms with Crippen molar-refractivity contribution in [3.63, 3.8) is 0 Å². The summed E-state index contributed by atoms with van der Waals surface area (Å²) in [6.07, 6.45) is 1.72. The zero-order valence-corrected chi connectivity index (χ0v) is 10.3. The molecule has 1 unspecified atom stereocenters. The fourth-order valence-corrected chi connectivity index (χ4v) is 1.70. The number of hydrogen-bond donors (Lipinski definition) is 4. The third kappa shape index (κ3) is 2.58. The molecule has 1 atom stereocenters. The number of benzene rings is 1. The van der Waals surface area contributed by atoms with Crippen LogP contribution in [0.5, 0.6) is 0 Å². The van der Waals surface area contributed by atoms with Gasteiger partial charge in [-0.1, -0.05) is 12.1 Å². The molecular weight excluding hydrogens is 248 g/mol. The molecule has 19 heavy (non-hydrogen) atoms. The van der Waals surface area contributed by atoms with Crippen LogP contribution in [0.2, 0.25) is 0 Å². The topological polar surface area (TPSA) is 102 Å². The van der Waals surface area contributed by atoms with Crippen molar-refractivity contribution >= 4 is 22.8 Å². The van der Waals surface area contributed by atoms with Crippen molar-refractivity contribution in [3.8, 4) is 0 Å². The molecule has 100 valence electrons. The molecule has 0 aliphatic carbocycles. The molecule has 6 nitrogen and oxygen atoms in total.